The molecule has 1 aliphatic heterocycles. The minimum Gasteiger partial charge on any atom is -0.381 e. The first-order valence-electron chi connectivity index (χ1n) is 11.9. The zero-order valence-electron chi connectivity index (χ0n) is 20.5. The molecule has 0 atom stereocenters. The highest BCUT2D eigenvalue weighted by Crippen LogP contribution is 2.36. The molecule has 1 fully saturated rings. The molecule has 1 aliphatic rings. The Balaban J connectivity index is 1.55. The average molecular weight is 554 g/mol. The van der Waals surface area contributed by atoms with E-state index in [0.29, 0.717) is 42.4 Å². The van der Waals surface area contributed by atoms with Gasteiger partial charge in [0.2, 0.25) is 5.91 Å². The summed E-state index contributed by atoms with van der Waals surface area (Å²) in [5.74, 6) is -0.345. The molecule has 3 aromatic rings. The highest BCUT2D eigenvalue weighted by atomic mass is 19.4. The third-order valence-corrected chi connectivity index (χ3v) is 6.00. The zero-order chi connectivity index (χ0) is 28.2. The van der Waals surface area contributed by atoms with Crippen LogP contribution in [0.25, 0.3) is 0 Å². The van der Waals surface area contributed by atoms with Crippen LogP contribution in [0.4, 0.5) is 49.2 Å². The van der Waals surface area contributed by atoms with Gasteiger partial charge in [0.15, 0.2) is 0 Å². The van der Waals surface area contributed by atoms with Crippen LogP contribution in [0.5, 0.6) is 0 Å². The second kappa shape index (κ2) is 11.4. The molecule has 2 heterocycles. The van der Waals surface area contributed by atoms with Crippen molar-refractivity contribution in [2.75, 3.05) is 41.8 Å². The summed E-state index contributed by atoms with van der Waals surface area (Å²) in [6.45, 7) is 2.48. The molecule has 0 spiro atoms. The topological polar surface area (TPSA) is 92.5 Å². The van der Waals surface area contributed by atoms with Gasteiger partial charge in [-0.1, -0.05) is 0 Å². The van der Waals surface area contributed by atoms with Crippen molar-refractivity contribution in [2.24, 2.45) is 5.73 Å². The second-order valence-electron chi connectivity index (χ2n) is 8.91. The number of rotatable bonds is 8. The predicted molar refractivity (Wildman–Crippen MR) is 134 cm³/mol. The summed E-state index contributed by atoms with van der Waals surface area (Å²) in [6, 6.07) is 10.4. The highest BCUT2D eigenvalue weighted by molar-refractivity contribution is 5.79. The maximum absolute atomic E-state index is 13.2. The van der Waals surface area contributed by atoms with E-state index in [9.17, 15) is 31.1 Å². The molecule has 4 rings (SSSR count). The van der Waals surface area contributed by atoms with E-state index in [1.165, 1.54) is 12.3 Å². The van der Waals surface area contributed by atoms with E-state index in [1.54, 1.807) is 0 Å². The average Bonchev–Trinajstić information content (AvgIpc) is 2.88. The first-order valence-corrected chi connectivity index (χ1v) is 11.9. The van der Waals surface area contributed by atoms with Gasteiger partial charge in [-0.15, -0.1) is 0 Å². The molecule has 13 heteroatoms. The molecule has 0 bridgehead atoms. The van der Waals surface area contributed by atoms with Crippen LogP contribution < -0.4 is 21.3 Å². The van der Waals surface area contributed by atoms with Crippen LogP contribution in [-0.4, -0.2) is 37.2 Å². The Morgan fingerprint density at radius 3 is 2.13 bits per heavy atom. The number of nitrogens with one attached hydrogen (secondary N) is 2. The SMILES string of the molecule is NC(=O)Cc1cnc(Nc2ccc(N3CCOCC3)cc2)cc1NCc1cc(C(F)(F)F)cc(C(F)(F)F)c1. The number of anilines is 4. The third kappa shape index (κ3) is 7.53. The predicted octanol–water partition coefficient (Wildman–Crippen LogP) is 5.34. The van der Waals surface area contributed by atoms with E-state index in [1.807, 2.05) is 24.3 Å². The van der Waals surface area contributed by atoms with Gasteiger partial charge in [-0.3, -0.25) is 4.79 Å². The lowest BCUT2D eigenvalue weighted by Crippen LogP contribution is -2.36. The quantitative estimate of drug-likeness (QED) is 0.326. The lowest BCUT2D eigenvalue weighted by Gasteiger charge is -2.28. The largest absolute Gasteiger partial charge is 0.416 e. The molecule has 0 saturated carbocycles. The van der Waals surface area contributed by atoms with Crippen molar-refractivity contribution in [1.82, 2.24) is 4.98 Å². The Labute approximate surface area is 220 Å². The molecule has 0 aliphatic carbocycles. The molecular weight excluding hydrogens is 528 g/mol. The zero-order valence-corrected chi connectivity index (χ0v) is 20.5. The summed E-state index contributed by atoms with van der Waals surface area (Å²) >= 11 is 0. The summed E-state index contributed by atoms with van der Waals surface area (Å²) in [5.41, 5.74) is 4.56. The lowest BCUT2D eigenvalue weighted by atomic mass is 10.0. The number of carbonyl (C=O) groups excluding carboxylic acids is 1. The number of alkyl halides is 6. The molecule has 2 aromatic carbocycles. The summed E-state index contributed by atoms with van der Waals surface area (Å²) in [4.78, 5) is 18.0. The molecule has 1 saturated heterocycles. The van der Waals surface area contributed by atoms with Crippen molar-refractivity contribution in [3.05, 3.63) is 77.0 Å². The number of hydrogen-bond acceptors (Lipinski definition) is 6. The van der Waals surface area contributed by atoms with Crippen molar-refractivity contribution < 1.29 is 35.9 Å². The second-order valence-corrected chi connectivity index (χ2v) is 8.91. The summed E-state index contributed by atoms with van der Waals surface area (Å²) in [5, 5.41) is 5.93. The van der Waals surface area contributed by atoms with Gasteiger partial charge in [0.1, 0.15) is 5.82 Å². The molecule has 0 radical (unpaired) electrons. The fourth-order valence-corrected chi connectivity index (χ4v) is 4.09. The van der Waals surface area contributed by atoms with Crippen LogP contribution in [0.1, 0.15) is 22.3 Å². The van der Waals surface area contributed by atoms with Gasteiger partial charge in [-0.05, 0) is 48.0 Å². The van der Waals surface area contributed by atoms with Crippen molar-refractivity contribution in [3.8, 4) is 0 Å². The number of amides is 1. The molecule has 1 amide bonds. The third-order valence-electron chi connectivity index (χ3n) is 6.00. The molecule has 39 heavy (non-hydrogen) atoms. The number of pyridine rings is 1. The number of primary amides is 1. The number of aromatic nitrogens is 1. The standard InChI is InChI=1S/C26H25F6N5O2/c27-25(28,29)18-9-16(10-19(12-18)26(30,31)32)14-34-22-13-24(35-15-17(22)11-23(33)38)36-20-1-3-21(4-2-20)37-5-7-39-8-6-37/h1-4,9-10,12-13,15H,5-8,11,14H2,(H2,33,38)(H2,34,35,36). The number of hydrogen-bond donors (Lipinski definition) is 3. The number of halogens is 6. The summed E-state index contributed by atoms with van der Waals surface area (Å²) in [6.07, 6.45) is -8.79. The number of nitrogens with two attached hydrogens (primary N) is 1. The maximum Gasteiger partial charge on any atom is 0.416 e. The molecular formula is C26H25F6N5O2. The van der Waals surface area contributed by atoms with Crippen molar-refractivity contribution in [2.45, 2.75) is 25.3 Å². The highest BCUT2D eigenvalue weighted by Gasteiger charge is 2.36. The molecule has 7 nitrogen and oxygen atoms in total. The van der Waals surface area contributed by atoms with Gasteiger partial charge >= 0.3 is 12.4 Å². The van der Waals surface area contributed by atoms with Gasteiger partial charge in [0.05, 0.1) is 30.8 Å². The molecule has 208 valence electrons. The Kier molecular flexibility index (Phi) is 8.19. The Morgan fingerprint density at radius 1 is 0.949 bits per heavy atom. The molecule has 1 aromatic heterocycles. The van der Waals surface area contributed by atoms with Crippen LogP contribution in [-0.2, 0) is 34.8 Å². The van der Waals surface area contributed by atoms with Gasteiger partial charge in [0.25, 0.3) is 0 Å². The van der Waals surface area contributed by atoms with E-state index >= 15 is 0 Å². The number of morpholine rings is 1. The Bertz CT molecular complexity index is 1270. The summed E-state index contributed by atoms with van der Waals surface area (Å²) in [7, 11) is 0. The van der Waals surface area contributed by atoms with Crippen LogP contribution in [0, 0.1) is 0 Å². The van der Waals surface area contributed by atoms with Crippen LogP contribution >= 0.6 is 0 Å². The Morgan fingerprint density at radius 2 is 1.56 bits per heavy atom. The van der Waals surface area contributed by atoms with Gasteiger partial charge < -0.3 is 26.0 Å². The van der Waals surface area contributed by atoms with Crippen molar-refractivity contribution in [3.63, 3.8) is 0 Å². The number of carbonyl (C=O) groups is 1. The maximum atomic E-state index is 13.2. The number of benzene rings is 2. The van der Waals surface area contributed by atoms with Crippen LogP contribution in [0.2, 0.25) is 0 Å². The van der Waals surface area contributed by atoms with Crippen molar-refractivity contribution in [1.29, 1.82) is 0 Å². The van der Waals surface area contributed by atoms with E-state index in [-0.39, 0.29) is 30.3 Å². The number of ether oxygens (including phenoxy) is 1. The van der Waals surface area contributed by atoms with Crippen molar-refractivity contribution >= 4 is 28.8 Å². The van der Waals surface area contributed by atoms with E-state index in [2.05, 4.69) is 20.5 Å². The van der Waals surface area contributed by atoms with Gasteiger partial charge in [0, 0.05) is 54.5 Å². The fourth-order valence-electron chi connectivity index (χ4n) is 4.09. The first-order chi connectivity index (χ1) is 18.4. The van der Waals surface area contributed by atoms with E-state index in [4.69, 9.17) is 10.5 Å². The fraction of sp³-hybridized carbons (Fsp3) is 0.308. The monoisotopic (exact) mass is 553 g/mol. The van der Waals surface area contributed by atoms with E-state index in [0.717, 1.165) is 18.8 Å². The first kappa shape index (κ1) is 28.0. The smallest absolute Gasteiger partial charge is 0.381 e. The van der Waals surface area contributed by atoms with Gasteiger partial charge in [-0.2, -0.15) is 26.3 Å². The minimum absolute atomic E-state index is 0.0703. The Hall–Kier alpha value is -4.00. The lowest BCUT2D eigenvalue weighted by molar-refractivity contribution is -0.143. The van der Waals surface area contributed by atoms with Crippen LogP contribution in [0.15, 0.2) is 54.7 Å². The summed E-state index contributed by atoms with van der Waals surface area (Å²) < 4.78 is 84.8. The normalized spacial score (nSPS) is 14.3. The number of nitrogens with zero attached hydrogens (tertiary/aromatic N) is 2. The van der Waals surface area contributed by atoms with Crippen LogP contribution in [0.3, 0.4) is 0 Å². The van der Waals surface area contributed by atoms with E-state index < -0.39 is 29.4 Å². The van der Waals surface area contributed by atoms with Gasteiger partial charge in [-0.25, -0.2) is 4.98 Å². The molecule has 4 N–H and O–H groups in total. The molecule has 0 unspecified atom stereocenters. The minimum atomic E-state index is -4.96.